The number of hydrogen-bond donors (Lipinski definition) is 3. The fourth-order valence-electron chi connectivity index (χ4n) is 2.48. The Hall–Kier alpha value is -1.14. The number of hydrogen-bond acceptors (Lipinski definition) is 4. The number of carbonyl (C=O) groups excluding carboxylic acids is 1. The van der Waals surface area contributed by atoms with Crippen molar-refractivity contribution in [2.24, 2.45) is 17.1 Å². The largest absolute Gasteiger partial charge is 0.481 e. The molecule has 3 atom stereocenters. The maximum Gasteiger partial charge on any atom is 0.313 e. The van der Waals surface area contributed by atoms with E-state index in [0.717, 1.165) is 19.3 Å². The molecule has 3 unspecified atom stereocenters. The van der Waals surface area contributed by atoms with E-state index in [1.807, 2.05) is 0 Å². The Morgan fingerprint density at radius 3 is 2.75 bits per heavy atom. The lowest BCUT2D eigenvalue weighted by molar-refractivity contribution is -0.149. The molecule has 0 aromatic carbocycles. The van der Waals surface area contributed by atoms with Crippen molar-refractivity contribution in [3.63, 3.8) is 0 Å². The Labute approximate surface area is 120 Å². The second-order valence-corrected chi connectivity index (χ2v) is 5.75. The summed E-state index contributed by atoms with van der Waals surface area (Å²) in [5.74, 6) is -0.588. The fourth-order valence-corrected chi connectivity index (χ4v) is 2.48. The van der Waals surface area contributed by atoms with Crippen LogP contribution in [-0.2, 0) is 14.3 Å². The van der Waals surface area contributed by atoms with Crippen molar-refractivity contribution in [1.82, 2.24) is 5.32 Å². The highest BCUT2D eigenvalue weighted by atomic mass is 16.5. The van der Waals surface area contributed by atoms with Crippen LogP contribution in [0, 0.1) is 11.3 Å². The summed E-state index contributed by atoms with van der Waals surface area (Å²) in [6.45, 7) is 4.72. The summed E-state index contributed by atoms with van der Waals surface area (Å²) in [4.78, 5) is 23.2. The standard InChI is InChI=1S/C14H26N2O4/c1-3-10(6-7-15)4-5-12(17)16-11-8-20-9-14(11,2)13(18)19/h10-11H,3-9,15H2,1-2H3,(H,16,17)(H,18,19). The predicted octanol–water partition coefficient (Wildman–Crippen LogP) is 0.748. The molecule has 0 aromatic heterocycles. The Kier molecular flexibility index (Phi) is 6.42. The number of carbonyl (C=O) groups is 2. The molecule has 0 radical (unpaired) electrons. The molecule has 0 aromatic rings. The third-order valence-corrected chi connectivity index (χ3v) is 4.21. The van der Waals surface area contributed by atoms with Crippen molar-refractivity contribution < 1.29 is 19.4 Å². The van der Waals surface area contributed by atoms with Crippen LogP contribution in [0.3, 0.4) is 0 Å². The number of carboxylic acid groups (broad SMARTS) is 1. The SMILES string of the molecule is CCC(CCN)CCC(=O)NC1COCC1(C)C(=O)O. The van der Waals surface area contributed by atoms with E-state index >= 15 is 0 Å². The molecule has 1 heterocycles. The Morgan fingerprint density at radius 1 is 1.50 bits per heavy atom. The molecular formula is C14H26N2O4. The van der Waals surface area contributed by atoms with Gasteiger partial charge in [0.1, 0.15) is 5.41 Å². The van der Waals surface area contributed by atoms with Crippen molar-refractivity contribution >= 4 is 11.9 Å². The van der Waals surface area contributed by atoms with E-state index in [-0.39, 0.29) is 19.1 Å². The van der Waals surface area contributed by atoms with E-state index in [0.29, 0.717) is 18.9 Å². The van der Waals surface area contributed by atoms with Crippen molar-refractivity contribution in [3.05, 3.63) is 0 Å². The van der Waals surface area contributed by atoms with E-state index < -0.39 is 17.4 Å². The Bertz CT molecular complexity index is 348. The predicted molar refractivity (Wildman–Crippen MR) is 75.2 cm³/mol. The molecule has 6 heteroatoms. The van der Waals surface area contributed by atoms with Crippen LogP contribution < -0.4 is 11.1 Å². The van der Waals surface area contributed by atoms with Crippen molar-refractivity contribution in [2.75, 3.05) is 19.8 Å². The molecule has 1 fully saturated rings. The van der Waals surface area contributed by atoms with Crippen LogP contribution in [0.5, 0.6) is 0 Å². The fraction of sp³-hybridized carbons (Fsp3) is 0.857. The zero-order chi connectivity index (χ0) is 15.2. The number of carboxylic acids is 1. The van der Waals surface area contributed by atoms with E-state index in [9.17, 15) is 14.7 Å². The minimum Gasteiger partial charge on any atom is -0.481 e. The molecule has 1 rings (SSSR count). The number of amides is 1. The van der Waals surface area contributed by atoms with Gasteiger partial charge in [-0.3, -0.25) is 9.59 Å². The van der Waals surface area contributed by atoms with Gasteiger partial charge in [0, 0.05) is 6.42 Å². The smallest absolute Gasteiger partial charge is 0.313 e. The maximum absolute atomic E-state index is 11.9. The lowest BCUT2D eigenvalue weighted by atomic mass is 9.85. The minimum absolute atomic E-state index is 0.108. The normalized spacial score (nSPS) is 27.2. The Morgan fingerprint density at radius 2 is 2.20 bits per heavy atom. The van der Waals surface area contributed by atoms with E-state index in [2.05, 4.69) is 12.2 Å². The van der Waals surface area contributed by atoms with Crippen LogP contribution in [0.15, 0.2) is 0 Å². The van der Waals surface area contributed by atoms with Crippen LogP contribution >= 0.6 is 0 Å². The number of rotatable bonds is 8. The second kappa shape index (κ2) is 7.59. The minimum atomic E-state index is -1.03. The highest BCUT2D eigenvalue weighted by molar-refractivity contribution is 5.80. The molecule has 0 aliphatic carbocycles. The van der Waals surface area contributed by atoms with Gasteiger partial charge in [-0.2, -0.15) is 0 Å². The molecule has 6 nitrogen and oxygen atoms in total. The van der Waals surface area contributed by atoms with Gasteiger partial charge < -0.3 is 20.9 Å². The van der Waals surface area contributed by atoms with Crippen LogP contribution in [0.1, 0.15) is 39.5 Å². The zero-order valence-corrected chi connectivity index (χ0v) is 12.4. The highest BCUT2D eigenvalue weighted by Gasteiger charge is 2.47. The molecule has 20 heavy (non-hydrogen) atoms. The van der Waals surface area contributed by atoms with Gasteiger partial charge in [0.15, 0.2) is 0 Å². The quantitative estimate of drug-likeness (QED) is 0.611. The molecule has 1 aliphatic rings. The second-order valence-electron chi connectivity index (χ2n) is 5.75. The molecule has 0 saturated carbocycles. The number of ether oxygens (including phenoxy) is 1. The first-order chi connectivity index (χ1) is 9.43. The summed E-state index contributed by atoms with van der Waals surface area (Å²) in [7, 11) is 0. The first kappa shape index (κ1) is 16.9. The van der Waals surface area contributed by atoms with Crippen molar-refractivity contribution in [3.8, 4) is 0 Å². The number of nitrogens with one attached hydrogen (secondary N) is 1. The summed E-state index contributed by atoms with van der Waals surface area (Å²) < 4.78 is 5.21. The van der Waals surface area contributed by atoms with Crippen LogP contribution in [0.4, 0.5) is 0 Å². The van der Waals surface area contributed by atoms with Crippen LogP contribution in [0.2, 0.25) is 0 Å². The summed E-state index contributed by atoms with van der Waals surface area (Å²) >= 11 is 0. The summed E-state index contributed by atoms with van der Waals surface area (Å²) in [6, 6.07) is -0.456. The molecular weight excluding hydrogens is 260 g/mol. The number of nitrogens with two attached hydrogens (primary N) is 1. The lowest BCUT2D eigenvalue weighted by Crippen LogP contribution is -2.49. The zero-order valence-electron chi connectivity index (χ0n) is 12.4. The first-order valence-electron chi connectivity index (χ1n) is 7.24. The van der Waals surface area contributed by atoms with Crippen molar-refractivity contribution in [2.45, 2.75) is 45.6 Å². The molecule has 4 N–H and O–H groups in total. The van der Waals surface area contributed by atoms with Gasteiger partial charge in [0.2, 0.25) is 5.91 Å². The average Bonchev–Trinajstić information content (AvgIpc) is 2.77. The van der Waals surface area contributed by atoms with Gasteiger partial charge in [0.05, 0.1) is 19.3 Å². The van der Waals surface area contributed by atoms with Gasteiger partial charge in [-0.25, -0.2) is 0 Å². The molecule has 0 bridgehead atoms. The molecule has 116 valence electrons. The number of aliphatic carboxylic acids is 1. The first-order valence-corrected chi connectivity index (χ1v) is 7.24. The van der Waals surface area contributed by atoms with Gasteiger partial charge in [-0.05, 0) is 32.2 Å². The summed E-state index contributed by atoms with van der Waals surface area (Å²) in [5.41, 5.74) is 4.50. The van der Waals surface area contributed by atoms with Gasteiger partial charge in [-0.1, -0.05) is 13.3 Å². The van der Waals surface area contributed by atoms with E-state index in [1.165, 1.54) is 0 Å². The van der Waals surface area contributed by atoms with Gasteiger partial charge in [0.25, 0.3) is 0 Å². The Balaban J connectivity index is 2.44. The molecule has 0 spiro atoms. The van der Waals surface area contributed by atoms with E-state index in [1.54, 1.807) is 6.92 Å². The summed E-state index contributed by atoms with van der Waals surface area (Å²) in [6.07, 6.45) is 3.12. The van der Waals surface area contributed by atoms with Crippen molar-refractivity contribution in [1.29, 1.82) is 0 Å². The topological polar surface area (TPSA) is 102 Å². The lowest BCUT2D eigenvalue weighted by Gasteiger charge is -2.25. The van der Waals surface area contributed by atoms with Gasteiger partial charge in [-0.15, -0.1) is 0 Å². The average molecular weight is 286 g/mol. The van der Waals surface area contributed by atoms with Gasteiger partial charge >= 0.3 is 5.97 Å². The molecule has 1 aliphatic heterocycles. The molecule has 1 saturated heterocycles. The summed E-state index contributed by atoms with van der Waals surface area (Å²) in [5, 5.41) is 12.0. The third-order valence-electron chi connectivity index (χ3n) is 4.21. The molecule has 1 amide bonds. The van der Waals surface area contributed by atoms with Crippen LogP contribution in [0.25, 0.3) is 0 Å². The van der Waals surface area contributed by atoms with Crippen LogP contribution in [-0.4, -0.2) is 42.8 Å². The maximum atomic E-state index is 11.9. The third kappa shape index (κ3) is 4.18. The van der Waals surface area contributed by atoms with E-state index in [4.69, 9.17) is 10.5 Å². The monoisotopic (exact) mass is 286 g/mol. The highest BCUT2D eigenvalue weighted by Crippen LogP contribution is 2.28.